The number of carbonyl (C=O) groups excluding carboxylic acids is 1. The smallest absolute Gasteiger partial charge is 0.312 e. The minimum atomic E-state index is -3.32. The van der Waals surface area contributed by atoms with Gasteiger partial charge in [0.15, 0.2) is 0 Å². The van der Waals surface area contributed by atoms with Gasteiger partial charge < -0.3 is 10.5 Å². The van der Waals surface area contributed by atoms with Crippen LogP contribution in [-0.2, 0) is 9.53 Å². The van der Waals surface area contributed by atoms with E-state index in [4.69, 9.17) is 20.1 Å². The highest BCUT2D eigenvalue weighted by atomic mass is 16.5. The third kappa shape index (κ3) is 3.04. The molecule has 1 atom stereocenters. The van der Waals surface area contributed by atoms with Gasteiger partial charge in [0.1, 0.15) is 23.1 Å². The van der Waals surface area contributed by atoms with Crippen LogP contribution in [0.5, 0.6) is 0 Å². The summed E-state index contributed by atoms with van der Waals surface area (Å²) in [6.07, 6.45) is 0. The number of hydrogen-bond donors (Lipinski definition) is 1. The highest BCUT2D eigenvalue weighted by Crippen LogP contribution is 2.29. The van der Waals surface area contributed by atoms with Gasteiger partial charge in [-0.25, -0.2) is 4.68 Å². The molecule has 1 unspecified atom stereocenters. The number of esters is 1. The summed E-state index contributed by atoms with van der Waals surface area (Å²) in [5.41, 5.74) is 6.49. The SMILES string of the molecule is [2H]C([2H])([2H])C([2H])(n1nc(-c2ccc(C(C)C(=O)OC)cc2)c(C#N)c1N)C([2H])([2H])[2H]. The number of benzene rings is 1. The molecule has 0 fully saturated rings. The number of rotatable bonds is 4. The first-order valence-electron chi connectivity index (χ1n) is 10.2. The van der Waals surface area contributed by atoms with Gasteiger partial charge in [0.05, 0.1) is 14.4 Å². The van der Waals surface area contributed by atoms with Crippen LogP contribution in [0.1, 0.15) is 53.3 Å². The summed E-state index contributed by atoms with van der Waals surface area (Å²) in [6.45, 7) is -4.99. The zero-order valence-corrected chi connectivity index (χ0v) is 12.6. The molecule has 2 rings (SSSR count). The number of nitriles is 1. The summed E-state index contributed by atoms with van der Waals surface area (Å²) >= 11 is 0. The maximum absolute atomic E-state index is 11.7. The Morgan fingerprint density at radius 1 is 1.48 bits per heavy atom. The van der Waals surface area contributed by atoms with Gasteiger partial charge in [-0.2, -0.15) is 10.4 Å². The molecule has 1 heterocycles. The predicted octanol–water partition coefficient (Wildman–Crippen LogP) is 2.86. The predicted molar refractivity (Wildman–Crippen MR) is 87.6 cm³/mol. The molecule has 0 radical (unpaired) electrons. The standard InChI is InChI=1S/C17H20N4O2/c1-10(2)21-16(19)14(9-18)15(20-21)13-7-5-12(6-8-13)11(3)17(22)23-4/h5-8,10-11H,19H2,1-4H3/i1D3,2D3,10D. The molecule has 0 amide bonds. The lowest BCUT2D eigenvalue weighted by molar-refractivity contribution is -0.141. The average molecular weight is 319 g/mol. The van der Waals surface area contributed by atoms with Crippen LogP contribution in [0.2, 0.25) is 0 Å². The highest BCUT2D eigenvalue weighted by Gasteiger charge is 2.20. The van der Waals surface area contributed by atoms with Gasteiger partial charge in [0.2, 0.25) is 0 Å². The minimum Gasteiger partial charge on any atom is -0.469 e. The Bertz CT molecular complexity index is 974. The number of methoxy groups -OCH3 is 1. The van der Waals surface area contributed by atoms with Gasteiger partial charge in [-0.1, -0.05) is 24.3 Å². The molecule has 0 saturated heterocycles. The average Bonchev–Trinajstić information content (AvgIpc) is 3.00. The maximum atomic E-state index is 11.7. The lowest BCUT2D eigenvalue weighted by atomic mass is 9.98. The Balaban J connectivity index is 2.66. The summed E-state index contributed by atoms with van der Waals surface area (Å²) in [5, 5.41) is 13.5. The molecule has 2 aromatic rings. The third-order valence-corrected chi connectivity index (χ3v) is 3.48. The van der Waals surface area contributed by atoms with Crippen molar-refractivity contribution in [2.75, 3.05) is 12.8 Å². The number of nitrogens with zero attached hydrogens (tertiary/aromatic N) is 3. The lowest BCUT2D eigenvalue weighted by Crippen LogP contribution is -2.10. The van der Waals surface area contributed by atoms with Crippen LogP contribution in [0.15, 0.2) is 24.3 Å². The van der Waals surface area contributed by atoms with Gasteiger partial charge in [-0.05, 0) is 26.2 Å². The van der Waals surface area contributed by atoms with Gasteiger partial charge in [-0.15, -0.1) is 0 Å². The topological polar surface area (TPSA) is 93.9 Å². The summed E-state index contributed by atoms with van der Waals surface area (Å²) in [6, 6.07) is 4.82. The first-order chi connectivity index (χ1) is 13.7. The van der Waals surface area contributed by atoms with Crippen molar-refractivity contribution in [2.45, 2.75) is 32.6 Å². The van der Waals surface area contributed by atoms with Crippen molar-refractivity contribution in [1.29, 1.82) is 5.26 Å². The third-order valence-electron chi connectivity index (χ3n) is 3.48. The molecule has 0 bridgehead atoms. The summed E-state index contributed by atoms with van der Waals surface area (Å²) in [4.78, 5) is 11.7. The number of ether oxygens (including phenoxy) is 1. The Kier molecular flexibility index (Phi) is 2.66. The first kappa shape index (κ1) is 9.36. The summed E-state index contributed by atoms with van der Waals surface area (Å²) in [7, 11) is 1.27. The van der Waals surface area contributed by atoms with Crippen LogP contribution in [0.4, 0.5) is 5.82 Å². The van der Waals surface area contributed by atoms with Crippen LogP contribution in [0, 0.1) is 11.3 Å². The number of carbonyl (C=O) groups is 1. The maximum Gasteiger partial charge on any atom is 0.312 e. The zero-order valence-electron chi connectivity index (χ0n) is 19.6. The fourth-order valence-electron chi connectivity index (χ4n) is 2.16. The van der Waals surface area contributed by atoms with E-state index in [9.17, 15) is 10.1 Å². The van der Waals surface area contributed by atoms with Gasteiger partial charge in [-0.3, -0.25) is 4.79 Å². The fourth-order valence-corrected chi connectivity index (χ4v) is 2.16. The van der Waals surface area contributed by atoms with Crippen molar-refractivity contribution in [3.63, 3.8) is 0 Å². The van der Waals surface area contributed by atoms with E-state index in [1.54, 1.807) is 25.1 Å². The van der Waals surface area contributed by atoms with Crippen LogP contribution in [0.3, 0.4) is 0 Å². The van der Waals surface area contributed by atoms with E-state index in [-0.39, 0.29) is 11.3 Å². The monoisotopic (exact) mass is 319 g/mol. The molecule has 6 nitrogen and oxygen atoms in total. The minimum absolute atomic E-state index is 0.0719. The first-order valence-corrected chi connectivity index (χ1v) is 6.68. The Morgan fingerprint density at radius 3 is 2.65 bits per heavy atom. The van der Waals surface area contributed by atoms with E-state index in [2.05, 4.69) is 5.10 Å². The molecule has 1 aromatic heterocycles. The van der Waals surface area contributed by atoms with E-state index in [1.165, 1.54) is 19.2 Å². The number of nitrogen functional groups attached to an aromatic ring is 1. The van der Waals surface area contributed by atoms with Crippen molar-refractivity contribution in [1.82, 2.24) is 9.78 Å². The van der Waals surface area contributed by atoms with Crippen molar-refractivity contribution < 1.29 is 19.1 Å². The molecule has 0 saturated carbocycles. The van der Waals surface area contributed by atoms with Crippen LogP contribution < -0.4 is 5.73 Å². The van der Waals surface area contributed by atoms with Crippen molar-refractivity contribution in [3.8, 4) is 17.3 Å². The van der Waals surface area contributed by atoms with Crippen molar-refractivity contribution in [3.05, 3.63) is 35.4 Å². The fraction of sp³-hybridized carbons (Fsp3) is 0.353. The molecule has 1 aromatic carbocycles. The van der Waals surface area contributed by atoms with Crippen LogP contribution in [-0.4, -0.2) is 22.9 Å². The van der Waals surface area contributed by atoms with Crippen molar-refractivity contribution >= 4 is 11.8 Å². The van der Waals surface area contributed by atoms with Crippen molar-refractivity contribution in [2.24, 2.45) is 0 Å². The summed E-state index contributed by atoms with van der Waals surface area (Å²) < 4.78 is 58.9. The van der Waals surface area contributed by atoms with Gasteiger partial charge in [0.25, 0.3) is 0 Å². The van der Waals surface area contributed by atoms with Gasteiger partial charge >= 0.3 is 5.97 Å². The van der Waals surface area contributed by atoms with Crippen LogP contribution >= 0.6 is 0 Å². The molecule has 0 aliphatic rings. The van der Waals surface area contributed by atoms with E-state index < -0.39 is 37.4 Å². The molecule has 0 spiro atoms. The van der Waals surface area contributed by atoms with Gasteiger partial charge in [0, 0.05) is 19.8 Å². The molecule has 120 valence electrons. The van der Waals surface area contributed by atoms with E-state index in [0.717, 1.165) is 0 Å². The molecular weight excluding hydrogens is 292 g/mol. The Labute approximate surface area is 145 Å². The number of anilines is 1. The second-order valence-corrected chi connectivity index (χ2v) is 4.85. The number of hydrogen-bond acceptors (Lipinski definition) is 5. The highest BCUT2D eigenvalue weighted by molar-refractivity contribution is 5.78. The van der Waals surface area contributed by atoms with E-state index in [1.807, 2.05) is 0 Å². The second kappa shape index (κ2) is 6.53. The molecular formula is C17H20N4O2. The normalized spacial score (nSPS) is 18.0. The molecule has 0 aliphatic carbocycles. The Morgan fingerprint density at radius 2 is 2.13 bits per heavy atom. The lowest BCUT2D eigenvalue weighted by Gasteiger charge is -2.09. The van der Waals surface area contributed by atoms with E-state index in [0.29, 0.717) is 15.8 Å². The molecule has 23 heavy (non-hydrogen) atoms. The zero-order chi connectivity index (χ0) is 23.1. The summed E-state index contributed by atoms with van der Waals surface area (Å²) in [5.74, 6) is -1.53. The molecule has 6 heteroatoms. The number of nitrogens with two attached hydrogens (primary N) is 1. The quantitative estimate of drug-likeness (QED) is 0.874. The van der Waals surface area contributed by atoms with Crippen LogP contribution in [0.25, 0.3) is 11.3 Å². The number of aromatic nitrogens is 2. The molecule has 0 aliphatic heterocycles. The largest absolute Gasteiger partial charge is 0.469 e. The molecule has 2 N–H and O–H groups in total. The Hall–Kier alpha value is -2.81. The second-order valence-electron chi connectivity index (χ2n) is 4.85. The van der Waals surface area contributed by atoms with E-state index >= 15 is 0 Å².